The predicted octanol–water partition coefficient (Wildman–Crippen LogP) is 4.10. The van der Waals surface area contributed by atoms with Crippen LogP contribution in [0.4, 0.5) is 0 Å². The number of sulfonamides is 1. The van der Waals surface area contributed by atoms with Gasteiger partial charge in [-0.1, -0.05) is 54.9 Å². The molecular formula is C22H20ClNO5S2. The summed E-state index contributed by atoms with van der Waals surface area (Å²) < 4.78 is 28.7. The summed E-state index contributed by atoms with van der Waals surface area (Å²) in [7, 11) is -4.07. The minimum absolute atomic E-state index is 0.0227. The van der Waals surface area contributed by atoms with Gasteiger partial charge >= 0.3 is 5.97 Å². The van der Waals surface area contributed by atoms with Crippen molar-refractivity contribution in [3.8, 4) is 10.4 Å². The van der Waals surface area contributed by atoms with Crippen molar-refractivity contribution in [3.63, 3.8) is 0 Å². The van der Waals surface area contributed by atoms with E-state index in [1.165, 1.54) is 6.07 Å². The molecule has 162 valence electrons. The molecule has 1 fully saturated rings. The molecule has 4 rings (SSSR count). The molecule has 0 amide bonds. The Labute approximate surface area is 189 Å². The summed E-state index contributed by atoms with van der Waals surface area (Å²) in [5.74, 6) is -2.05. The van der Waals surface area contributed by atoms with Crippen LogP contribution in [-0.2, 0) is 21.4 Å². The van der Waals surface area contributed by atoms with E-state index in [-0.39, 0.29) is 10.8 Å². The van der Waals surface area contributed by atoms with Gasteiger partial charge in [0.2, 0.25) is 0 Å². The SMILES string of the molecule is CC1[C@H](c2ccccc2)[C@]1(NS(=O)(=O)c1ccc(-c2ccc(Cl)c(CO)c2)s1)C(=O)O. The van der Waals surface area contributed by atoms with Crippen LogP contribution in [0.15, 0.2) is 64.9 Å². The first kappa shape index (κ1) is 22.0. The molecule has 0 radical (unpaired) electrons. The molecule has 0 saturated heterocycles. The van der Waals surface area contributed by atoms with Crippen molar-refractivity contribution in [2.24, 2.45) is 5.92 Å². The number of aliphatic hydroxyl groups is 1. The Bertz CT molecular complexity index is 1240. The Balaban J connectivity index is 1.64. The molecule has 0 bridgehead atoms. The highest BCUT2D eigenvalue weighted by Crippen LogP contribution is 2.58. The van der Waals surface area contributed by atoms with Crippen LogP contribution in [0.2, 0.25) is 5.02 Å². The van der Waals surface area contributed by atoms with Crippen LogP contribution < -0.4 is 4.72 Å². The molecule has 3 aromatic rings. The van der Waals surface area contributed by atoms with Crippen LogP contribution in [0.3, 0.4) is 0 Å². The van der Waals surface area contributed by atoms with Crippen molar-refractivity contribution >= 4 is 38.9 Å². The van der Waals surface area contributed by atoms with Crippen molar-refractivity contribution in [2.45, 2.75) is 29.2 Å². The molecule has 1 saturated carbocycles. The fraction of sp³-hybridized carbons (Fsp3) is 0.227. The van der Waals surface area contributed by atoms with Gasteiger partial charge in [-0.3, -0.25) is 4.79 Å². The van der Waals surface area contributed by atoms with Crippen molar-refractivity contribution in [3.05, 3.63) is 76.8 Å². The lowest BCUT2D eigenvalue weighted by atomic mass is 10.1. The van der Waals surface area contributed by atoms with Crippen LogP contribution in [-0.4, -0.2) is 30.1 Å². The summed E-state index contributed by atoms with van der Waals surface area (Å²) in [6.07, 6.45) is 0. The largest absolute Gasteiger partial charge is 0.480 e. The summed E-state index contributed by atoms with van der Waals surface area (Å²) in [5.41, 5.74) is 0.450. The van der Waals surface area contributed by atoms with Crippen LogP contribution in [0.25, 0.3) is 10.4 Å². The second kappa shape index (κ2) is 8.03. The number of aliphatic carboxylic acids is 1. The number of carbonyl (C=O) groups is 1. The zero-order valence-electron chi connectivity index (χ0n) is 16.4. The molecule has 1 aliphatic rings. The van der Waals surface area contributed by atoms with Gasteiger partial charge in [-0.05, 0) is 46.9 Å². The monoisotopic (exact) mass is 477 g/mol. The van der Waals surface area contributed by atoms with Crippen molar-refractivity contribution < 1.29 is 23.4 Å². The van der Waals surface area contributed by atoms with Crippen molar-refractivity contribution in [1.29, 1.82) is 0 Å². The molecule has 0 spiro atoms. The van der Waals surface area contributed by atoms with Gasteiger partial charge in [0.15, 0.2) is 0 Å². The Hall–Kier alpha value is -2.23. The van der Waals surface area contributed by atoms with E-state index in [2.05, 4.69) is 4.72 Å². The highest BCUT2D eigenvalue weighted by atomic mass is 35.5. The number of nitrogens with one attached hydrogen (secondary N) is 1. The van der Waals surface area contributed by atoms with Crippen molar-refractivity contribution in [2.75, 3.05) is 0 Å². The third kappa shape index (κ3) is 3.79. The van der Waals surface area contributed by atoms with Crippen LogP contribution in [0, 0.1) is 5.92 Å². The molecule has 1 unspecified atom stereocenters. The van der Waals surface area contributed by atoms with Gasteiger partial charge in [0.05, 0.1) is 6.61 Å². The highest BCUT2D eigenvalue weighted by Gasteiger charge is 2.70. The molecule has 31 heavy (non-hydrogen) atoms. The van der Waals surface area contributed by atoms with E-state index in [0.717, 1.165) is 22.5 Å². The number of rotatable bonds is 7. The molecule has 1 aromatic heterocycles. The molecule has 3 N–H and O–H groups in total. The summed E-state index contributed by atoms with van der Waals surface area (Å²) in [5, 5.41) is 19.8. The van der Waals surface area contributed by atoms with E-state index in [0.29, 0.717) is 15.5 Å². The molecule has 6 nitrogen and oxygen atoms in total. The van der Waals surface area contributed by atoms with Gasteiger partial charge in [0.25, 0.3) is 10.0 Å². The fourth-order valence-electron chi connectivity index (χ4n) is 4.04. The molecule has 1 aliphatic carbocycles. The Morgan fingerprint density at radius 1 is 1.16 bits per heavy atom. The average molecular weight is 478 g/mol. The predicted molar refractivity (Wildman–Crippen MR) is 120 cm³/mol. The Morgan fingerprint density at radius 2 is 1.87 bits per heavy atom. The number of halogens is 1. The van der Waals surface area contributed by atoms with Crippen LogP contribution >= 0.6 is 22.9 Å². The Morgan fingerprint density at radius 3 is 2.52 bits per heavy atom. The number of carboxylic acid groups (broad SMARTS) is 1. The molecule has 1 heterocycles. The summed E-state index contributed by atoms with van der Waals surface area (Å²) in [6, 6.07) is 17.2. The minimum Gasteiger partial charge on any atom is -0.480 e. The molecular weight excluding hydrogens is 458 g/mol. The quantitative estimate of drug-likeness (QED) is 0.475. The maximum atomic E-state index is 13.1. The molecule has 9 heteroatoms. The van der Waals surface area contributed by atoms with E-state index in [1.807, 2.05) is 18.2 Å². The van der Waals surface area contributed by atoms with E-state index >= 15 is 0 Å². The highest BCUT2D eigenvalue weighted by molar-refractivity contribution is 7.91. The average Bonchev–Trinajstić information content (AvgIpc) is 3.10. The van der Waals surface area contributed by atoms with Crippen molar-refractivity contribution in [1.82, 2.24) is 4.72 Å². The first-order valence-corrected chi connectivity index (χ1v) is 12.2. The summed E-state index contributed by atoms with van der Waals surface area (Å²) >= 11 is 7.06. The standard InChI is InChI=1S/C22H20ClNO5S2/c1-13-20(14-5-3-2-4-6-14)22(13,21(26)27)24-31(28,29)19-10-9-18(30-19)15-7-8-17(23)16(11-15)12-25/h2-11,13,20,24-25H,12H2,1H3,(H,26,27)/t13?,20-,22+/m1/s1. The van der Waals surface area contributed by atoms with E-state index in [4.69, 9.17) is 11.6 Å². The number of carboxylic acids is 1. The van der Waals surface area contributed by atoms with Gasteiger partial charge in [-0.25, -0.2) is 8.42 Å². The van der Waals surface area contributed by atoms with Gasteiger partial charge in [-0.15, -0.1) is 11.3 Å². The molecule has 3 atom stereocenters. The maximum absolute atomic E-state index is 13.1. The van der Waals surface area contributed by atoms with Gasteiger partial charge < -0.3 is 10.2 Å². The Kier molecular flexibility index (Phi) is 5.70. The van der Waals surface area contributed by atoms with Gasteiger partial charge in [0.1, 0.15) is 9.75 Å². The third-order valence-corrected chi connectivity index (χ3v) is 9.24. The maximum Gasteiger partial charge on any atom is 0.325 e. The normalized spacial score (nSPS) is 22.9. The summed E-state index contributed by atoms with van der Waals surface area (Å²) in [4.78, 5) is 12.8. The lowest BCUT2D eigenvalue weighted by Crippen LogP contribution is -2.45. The number of hydrogen-bond donors (Lipinski definition) is 3. The number of hydrogen-bond acceptors (Lipinski definition) is 5. The van der Waals surface area contributed by atoms with Gasteiger partial charge in [-0.2, -0.15) is 4.72 Å². The fourth-order valence-corrected chi connectivity index (χ4v) is 6.98. The second-order valence-corrected chi connectivity index (χ2v) is 10.9. The first-order chi connectivity index (χ1) is 14.7. The first-order valence-electron chi connectivity index (χ1n) is 9.52. The third-order valence-electron chi connectivity index (χ3n) is 5.76. The molecule has 2 aromatic carbocycles. The topological polar surface area (TPSA) is 104 Å². The lowest BCUT2D eigenvalue weighted by molar-refractivity contribution is -0.140. The zero-order valence-corrected chi connectivity index (χ0v) is 18.8. The number of aliphatic hydroxyl groups excluding tert-OH is 1. The van der Waals surface area contributed by atoms with E-state index in [9.17, 15) is 23.4 Å². The minimum atomic E-state index is -4.07. The lowest BCUT2D eigenvalue weighted by Gasteiger charge is -2.15. The van der Waals surface area contributed by atoms with Crippen LogP contribution in [0.5, 0.6) is 0 Å². The molecule has 0 aliphatic heterocycles. The van der Waals surface area contributed by atoms with Gasteiger partial charge in [0, 0.05) is 15.8 Å². The van der Waals surface area contributed by atoms with Crippen LogP contribution in [0.1, 0.15) is 24.0 Å². The summed E-state index contributed by atoms with van der Waals surface area (Å²) in [6.45, 7) is 1.50. The smallest absolute Gasteiger partial charge is 0.325 e. The second-order valence-electron chi connectivity index (χ2n) is 7.54. The van der Waals surface area contributed by atoms with E-state index < -0.39 is 33.4 Å². The number of benzene rings is 2. The van der Waals surface area contributed by atoms with E-state index in [1.54, 1.807) is 43.3 Å². The number of thiophene rings is 1. The zero-order chi connectivity index (χ0) is 22.4.